The number of carbonyl (C=O) groups excluding carboxylic acids is 1. The Hall–Kier alpha value is -2.24. The van der Waals surface area contributed by atoms with Crippen LogP contribution in [0, 0.1) is 5.92 Å². The number of nitrogens with one attached hydrogen (secondary N) is 1. The van der Waals surface area contributed by atoms with Gasteiger partial charge in [-0.15, -0.1) is 0 Å². The van der Waals surface area contributed by atoms with Crippen LogP contribution in [0.2, 0.25) is 0 Å². The van der Waals surface area contributed by atoms with Gasteiger partial charge in [0.1, 0.15) is 5.75 Å². The number of hydrogen-bond acceptors (Lipinski definition) is 4. The molecule has 0 aliphatic carbocycles. The third-order valence-corrected chi connectivity index (χ3v) is 4.26. The molecule has 1 heterocycles. The highest BCUT2D eigenvalue weighted by Gasteiger charge is 2.26. The zero-order valence-corrected chi connectivity index (χ0v) is 15.6. The Bertz CT molecular complexity index is 593. The van der Waals surface area contributed by atoms with E-state index in [-0.39, 0.29) is 18.0 Å². The lowest BCUT2D eigenvalue weighted by molar-refractivity contribution is -0.146. The number of hydrogen-bond donors (Lipinski definition) is 1. The Balaban J connectivity index is 1.88. The Labute approximate surface area is 150 Å². The van der Waals surface area contributed by atoms with E-state index in [1.807, 2.05) is 32.0 Å². The summed E-state index contributed by atoms with van der Waals surface area (Å²) < 4.78 is 10.6. The molecule has 0 amide bonds. The van der Waals surface area contributed by atoms with Gasteiger partial charge in [-0.25, -0.2) is 0 Å². The van der Waals surface area contributed by atoms with Crippen molar-refractivity contribution in [2.45, 2.75) is 39.3 Å². The fraction of sp³-hybridized carbons (Fsp3) is 0.579. The Kier molecular flexibility index (Phi) is 7.10. The summed E-state index contributed by atoms with van der Waals surface area (Å²) in [5.74, 6) is 1.63. The second-order valence-electron chi connectivity index (χ2n) is 6.50. The summed E-state index contributed by atoms with van der Waals surface area (Å²) in [5.41, 5.74) is 1.14. The number of likely N-dealkylation sites (tertiary alicyclic amines) is 1. The van der Waals surface area contributed by atoms with Crippen molar-refractivity contribution in [2.24, 2.45) is 10.9 Å². The van der Waals surface area contributed by atoms with Crippen LogP contribution in [0.3, 0.4) is 0 Å². The molecule has 25 heavy (non-hydrogen) atoms. The zero-order chi connectivity index (χ0) is 18.2. The monoisotopic (exact) mass is 347 g/mol. The first kappa shape index (κ1) is 19.1. The highest BCUT2D eigenvalue weighted by atomic mass is 16.5. The molecule has 0 atom stereocenters. The maximum Gasteiger partial charge on any atom is 0.308 e. The minimum Gasteiger partial charge on any atom is -0.491 e. The largest absolute Gasteiger partial charge is 0.491 e. The molecule has 6 nitrogen and oxygen atoms in total. The van der Waals surface area contributed by atoms with Crippen LogP contribution >= 0.6 is 0 Å². The van der Waals surface area contributed by atoms with Crippen molar-refractivity contribution < 1.29 is 14.3 Å². The Morgan fingerprint density at radius 1 is 1.36 bits per heavy atom. The van der Waals surface area contributed by atoms with Crippen molar-refractivity contribution in [3.05, 3.63) is 29.8 Å². The molecule has 0 spiro atoms. The molecule has 1 aliphatic rings. The number of ether oxygens (including phenoxy) is 2. The SMILES string of the molecule is CN=C(NCc1cccc(OC(C)C)c1)N1CCC(C(=O)OC)CC1. The number of carbonyl (C=O) groups is 1. The summed E-state index contributed by atoms with van der Waals surface area (Å²) in [6.07, 6.45) is 1.75. The average molecular weight is 347 g/mol. The molecule has 1 aliphatic heterocycles. The molecule has 0 radical (unpaired) electrons. The van der Waals surface area contributed by atoms with Crippen molar-refractivity contribution in [1.82, 2.24) is 10.2 Å². The zero-order valence-electron chi connectivity index (χ0n) is 15.6. The molecule has 1 saturated heterocycles. The van der Waals surface area contributed by atoms with Gasteiger partial charge in [0.15, 0.2) is 5.96 Å². The molecule has 1 aromatic rings. The fourth-order valence-corrected chi connectivity index (χ4v) is 3.01. The first-order chi connectivity index (χ1) is 12.0. The first-order valence-electron chi connectivity index (χ1n) is 8.82. The quantitative estimate of drug-likeness (QED) is 0.503. The highest BCUT2D eigenvalue weighted by molar-refractivity contribution is 5.80. The molecular weight excluding hydrogens is 318 g/mol. The molecule has 6 heteroatoms. The molecule has 0 bridgehead atoms. The van der Waals surface area contributed by atoms with Crippen LogP contribution in [0.5, 0.6) is 5.75 Å². The number of piperidine rings is 1. The van der Waals surface area contributed by atoms with Crippen molar-refractivity contribution in [2.75, 3.05) is 27.2 Å². The third-order valence-electron chi connectivity index (χ3n) is 4.26. The predicted molar refractivity (Wildman–Crippen MR) is 98.7 cm³/mol. The van der Waals surface area contributed by atoms with Gasteiger partial charge < -0.3 is 19.7 Å². The summed E-state index contributed by atoms with van der Waals surface area (Å²) in [6.45, 7) is 6.32. The number of nitrogens with zero attached hydrogens (tertiary/aromatic N) is 2. The van der Waals surface area contributed by atoms with E-state index < -0.39 is 0 Å². The van der Waals surface area contributed by atoms with Gasteiger partial charge in [-0.2, -0.15) is 0 Å². The van der Waals surface area contributed by atoms with Gasteiger partial charge in [-0.3, -0.25) is 9.79 Å². The lowest BCUT2D eigenvalue weighted by Gasteiger charge is -2.33. The topological polar surface area (TPSA) is 63.2 Å². The van der Waals surface area contributed by atoms with Crippen LogP contribution in [0.1, 0.15) is 32.3 Å². The van der Waals surface area contributed by atoms with Crippen LogP contribution in [0.15, 0.2) is 29.3 Å². The highest BCUT2D eigenvalue weighted by Crippen LogP contribution is 2.19. The molecule has 0 saturated carbocycles. The van der Waals surface area contributed by atoms with Crippen molar-refractivity contribution in [3.63, 3.8) is 0 Å². The standard InChI is InChI=1S/C19H29N3O3/c1-14(2)25-17-7-5-6-15(12-17)13-21-19(20-3)22-10-8-16(9-11-22)18(23)24-4/h5-7,12,14,16H,8-11,13H2,1-4H3,(H,20,21). The smallest absolute Gasteiger partial charge is 0.308 e. The number of esters is 1. The number of rotatable bonds is 5. The van der Waals surface area contributed by atoms with Crippen LogP contribution in [0.25, 0.3) is 0 Å². The number of methoxy groups -OCH3 is 1. The van der Waals surface area contributed by atoms with Crippen molar-refractivity contribution in [3.8, 4) is 5.75 Å². The van der Waals surface area contributed by atoms with Crippen LogP contribution in [0.4, 0.5) is 0 Å². The lowest BCUT2D eigenvalue weighted by atomic mass is 9.97. The molecule has 1 aromatic carbocycles. The number of guanidine groups is 1. The molecule has 1 fully saturated rings. The van der Waals surface area contributed by atoms with Gasteiger partial charge in [0, 0.05) is 26.7 Å². The lowest BCUT2D eigenvalue weighted by Crippen LogP contribution is -2.46. The molecule has 138 valence electrons. The second kappa shape index (κ2) is 9.30. The van der Waals surface area contributed by atoms with E-state index in [0.717, 1.165) is 43.2 Å². The normalized spacial score (nSPS) is 16.0. The molecule has 0 unspecified atom stereocenters. The summed E-state index contributed by atoms with van der Waals surface area (Å²) in [5, 5.41) is 3.40. The Morgan fingerprint density at radius 2 is 2.08 bits per heavy atom. The van der Waals surface area contributed by atoms with Crippen LogP contribution in [-0.2, 0) is 16.1 Å². The van der Waals surface area contributed by atoms with Crippen molar-refractivity contribution in [1.29, 1.82) is 0 Å². The minimum atomic E-state index is -0.107. The fourth-order valence-electron chi connectivity index (χ4n) is 3.01. The second-order valence-corrected chi connectivity index (χ2v) is 6.50. The van der Waals surface area contributed by atoms with Gasteiger partial charge >= 0.3 is 5.97 Å². The van der Waals surface area contributed by atoms with E-state index in [4.69, 9.17) is 9.47 Å². The summed E-state index contributed by atoms with van der Waals surface area (Å²) in [7, 11) is 3.24. The van der Waals surface area contributed by atoms with Crippen molar-refractivity contribution >= 4 is 11.9 Å². The van der Waals surface area contributed by atoms with E-state index in [2.05, 4.69) is 21.3 Å². The molecular formula is C19H29N3O3. The van der Waals surface area contributed by atoms with E-state index in [1.165, 1.54) is 7.11 Å². The van der Waals surface area contributed by atoms with Gasteiger partial charge in [-0.1, -0.05) is 12.1 Å². The van der Waals surface area contributed by atoms with E-state index >= 15 is 0 Å². The maximum absolute atomic E-state index is 11.6. The number of aliphatic imine (C=N–C) groups is 1. The van der Waals surface area contributed by atoms with E-state index in [9.17, 15) is 4.79 Å². The Morgan fingerprint density at radius 3 is 2.68 bits per heavy atom. The minimum absolute atomic E-state index is 0.00391. The summed E-state index contributed by atoms with van der Waals surface area (Å²) in [6, 6.07) is 8.08. The average Bonchev–Trinajstić information content (AvgIpc) is 2.62. The molecule has 2 rings (SSSR count). The summed E-state index contributed by atoms with van der Waals surface area (Å²) >= 11 is 0. The molecule has 1 N–H and O–H groups in total. The van der Waals surface area contributed by atoms with E-state index in [0.29, 0.717) is 6.54 Å². The van der Waals surface area contributed by atoms with Gasteiger partial charge in [-0.05, 0) is 44.4 Å². The van der Waals surface area contributed by atoms with Crippen LogP contribution < -0.4 is 10.1 Å². The third kappa shape index (κ3) is 5.66. The number of benzene rings is 1. The molecule has 0 aromatic heterocycles. The van der Waals surface area contributed by atoms with Gasteiger partial charge in [0.2, 0.25) is 0 Å². The predicted octanol–water partition coefficient (Wildman–Crippen LogP) is 2.43. The van der Waals surface area contributed by atoms with Gasteiger partial charge in [0.25, 0.3) is 0 Å². The first-order valence-corrected chi connectivity index (χ1v) is 8.82. The summed E-state index contributed by atoms with van der Waals surface area (Å²) in [4.78, 5) is 18.2. The van der Waals surface area contributed by atoms with Gasteiger partial charge in [0.05, 0.1) is 19.1 Å². The van der Waals surface area contributed by atoms with Crippen LogP contribution in [-0.4, -0.2) is 50.2 Å². The van der Waals surface area contributed by atoms with E-state index in [1.54, 1.807) is 7.05 Å². The maximum atomic E-state index is 11.6.